The van der Waals surface area contributed by atoms with E-state index >= 15 is 0 Å². The van der Waals surface area contributed by atoms with E-state index in [1.807, 2.05) is 24.3 Å². The molecule has 0 aromatic heterocycles. The Morgan fingerprint density at radius 2 is 1.00 bits per heavy atom. The summed E-state index contributed by atoms with van der Waals surface area (Å²) in [4.78, 5) is 0. The van der Waals surface area contributed by atoms with Crippen LogP contribution >= 0.6 is 7.92 Å². The molecular weight excluding hydrogens is 331 g/mol. The molecule has 0 saturated heterocycles. The zero-order chi connectivity index (χ0) is 17.6. The molecule has 25 heavy (non-hydrogen) atoms. The summed E-state index contributed by atoms with van der Waals surface area (Å²) < 4.78 is 16.6. The van der Waals surface area contributed by atoms with Gasteiger partial charge in [0.1, 0.15) is 5.75 Å². The molecule has 3 aromatic carbocycles. The first-order valence-electron chi connectivity index (χ1n) is 7.98. The molecule has 3 rings (SSSR count). The van der Waals surface area contributed by atoms with Crippen LogP contribution in [0.5, 0.6) is 17.2 Å². The third-order valence-corrected chi connectivity index (χ3v) is 6.42. The fourth-order valence-corrected chi connectivity index (χ4v) is 5.19. The van der Waals surface area contributed by atoms with Crippen LogP contribution in [-0.4, -0.2) is 21.3 Å². The summed E-state index contributed by atoms with van der Waals surface area (Å²) in [6, 6.07) is 24.9. The maximum atomic E-state index is 5.69. The lowest BCUT2D eigenvalue weighted by Crippen LogP contribution is -2.22. The molecule has 0 fully saturated rings. The average Bonchev–Trinajstić information content (AvgIpc) is 2.69. The lowest BCUT2D eigenvalue weighted by molar-refractivity contribution is 0.350. The first-order valence-corrected chi connectivity index (χ1v) is 9.33. The second kappa shape index (κ2) is 8.04. The molecule has 0 N–H and O–H groups in total. The van der Waals surface area contributed by atoms with Crippen molar-refractivity contribution in [3.63, 3.8) is 0 Å². The monoisotopic (exact) mass is 352 g/mol. The van der Waals surface area contributed by atoms with Gasteiger partial charge in [0, 0.05) is 11.4 Å². The molecule has 4 heteroatoms. The Bertz CT molecular complexity index is 780. The third-order valence-electron chi connectivity index (χ3n) is 3.95. The van der Waals surface area contributed by atoms with Crippen LogP contribution < -0.4 is 30.1 Å². The standard InChI is InChI=1S/C21H21O3P/c1-22-18-14-20(24-3)21(15-19(18)23-2)25(16-10-6-4-7-11-16)17-12-8-5-9-13-17/h4-15H,1-3H3. The van der Waals surface area contributed by atoms with Crippen LogP contribution in [0.2, 0.25) is 0 Å². The molecule has 3 nitrogen and oxygen atoms in total. The molecule has 128 valence electrons. The molecule has 0 aliphatic carbocycles. The summed E-state index contributed by atoms with van der Waals surface area (Å²) in [7, 11) is 4.20. The number of hydrogen-bond acceptors (Lipinski definition) is 3. The zero-order valence-electron chi connectivity index (χ0n) is 14.6. The van der Waals surface area contributed by atoms with Crippen LogP contribution in [-0.2, 0) is 0 Å². The van der Waals surface area contributed by atoms with Gasteiger partial charge in [-0.3, -0.25) is 0 Å². The van der Waals surface area contributed by atoms with Crippen molar-refractivity contribution in [3.8, 4) is 17.2 Å². The Hall–Kier alpha value is -2.51. The van der Waals surface area contributed by atoms with E-state index in [0.29, 0.717) is 11.5 Å². The Labute approximate surface area is 149 Å². The van der Waals surface area contributed by atoms with Crippen molar-refractivity contribution in [2.24, 2.45) is 0 Å². The van der Waals surface area contributed by atoms with E-state index in [2.05, 4.69) is 48.5 Å². The van der Waals surface area contributed by atoms with Crippen LogP contribution in [0, 0.1) is 0 Å². The van der Waals surface area contributed by atoms with Crippen molar-refractivity contribution in [1.82, 2.24) is 0 Å². The number of hydrogen-bond donors (Lipinski definition) is 0. The molecule has 0 spiro atoms. The number of rotatable bonds is 6. The van der Waals surface area contributed by atoms with Crippen molar-refractivity contribution in [2.45, 2.75) is 0 Å². The van der Waals surface area contributed by atoms with Crippen LogP contribution in [0.25, 0.3) is 0 Å². The SMILES string of the molecule is COc1cc(OC)c(P(c2ccccc2)c2ccccc2)cc1OC. The highest BCUT2D eigenvalue weighted by Crippen LogP contribution is 2.41. The number of methoxy groups -OCH3 is 3. The van der Waals surface area contributed by atoms with Crippen molar-refractivity contribution < 1.29 is 14.2 Å². The molecule has 0 radical (unpaired) electrons. The quantitative estimate of drug-likeness (QED) is 0.636. The molecule has 0 saturated carbocycles. The van der Waals surface area contributed by atoms with Gasteiger partial charge in [0.2, 0.25) is 0 Å². The Morgan fingerprint density at radius 3 is 1.44 bits per heavy atom. The van der Waals surface area contributed by atoms with Crippen LogP contribution in [0.1, 0.15) is 0 Å². The van der Waals surface area contributed by atoms with E-state index < -0.39 is 7.92 Å². The lowest BCUT2D eigenvalue weighted by atomic mass is 10.3. The minimum Gasteiger partial charge on any atom is -0.496 e. The summed E-state index contributed by atoms with van der Waals surface area (Å²) in [6.45, 7) is 0. The fourth-order valence-electron chi connectivity index (χ4n) is 2.77. The Morgan fingerprint density at radius 1 is 0.560 bits per heavy atom. The minimum atomic E-state index is -0.772. The van der Waals surface area contributed by atoms with E-state index in [1.165, 1.54) is 10.6 Å². The molecule has 0 heterocycles. The summed E-state index contributed by atoms with van der Waals surface area (Å²) in [5, 5.41) is 3.62. The van der Waals surface area contributed by atoms with Crippen LogP contribution in [0.15, 0.2) is 72.8 Å². The number of ether oxygens (including phenoxy) is 3. The van der Waals surface area contributed by atoms with Crippen LogP contribution in [0.3, 0.4) is 0 Å². The van der Waals surface area contributed by atoms with Gasteiger partial charge in [-0.2, -0.15) is 0 Å². The maximum absolute atomic E-state index is 5.69. The molecule has 0 atom stereocenters. The van der Waals surface area contributed by atoms with Crippen LogP contribution in [0.4, 0.5) is 0 Å². The predicted octanol–water partition coefficient (Wildman–Crippen LogP) is 3.47. The van der Waals surface area contributed by atoms with Gasteiger partial charge >= 0.3 is 0 Å². The van der Waals surface area contributed by atoms with E-state index in [4.69, 9.17) is 14.2 Å². The smallest absolute Gasteiger partial charge is 0.164 e. The van der Waals surface area contributed by atoms with Gasteiger partial charge in [0.15, 0.2) is 11.5 Å². The summed E-state index contributed by atoms with van der Waals surface area (Å²) >= 11 is 0. The van der Waals surface area contributed by atoms with Crippen molar-refractivity contribution in [1.29, 1.82) is 0 Å². The second-order valence-corrected chi connectivity index (χ2v) is 7.57. The van der Waals surface area contributed by atoms with E-state index in [-0.39, 0.29) is 0 Å². The molecule has 0 unspecified atom stereocenters. The minimum absolute atomic E-state index is 0.666. The van der Waals surface area contributed by atoms with Gasteiger partial charge in [0.25, 0.3) is 0 Å². The molecule has 0 aliphatic rings. The zero-order valence-corrected chi connectivity index (χ0v) is 15.5. The summed E-state index contributed by atoms with van der Waals surface area (Å²) in [6.07, 6.45) is 0. The third kappa shape index (κ3) is 3.62. The number of benzene rings is 3. The molecule has 0 bridgehead atoms. The Balaban J connectivity index is 2.23. The van der Waals surface area contributed by atoms with Gasteiger partial charge < -0.3 is 14.2 Å². The van der Waals surface area contributed by atoms with Crippen molar-refractivity contribution in [2.75, 3.05) is 21.3 Å². The van der Waals surface area contributed by atoms with Gasteiger partial charge in [-0.25, -0.2) is 0 Å². The normalized spacial score (nSPS) is 10.6. The summed E-state index contributed by atoms with van der Waals surface area (Å²) in [5.74, 6) is 2.17. The highest BCUT2D eigenvalue weighted by Gasteiger charge is 2.22. The second-order valence-electron chi connectivity index (χ2n) is 5.39. The van der Waals surface area contributed by atoms with E-state index in [9.17, 15) is 0 Å². The van der Waals surface area contributed by atoms with E-state index in [0.717, 1.165) is 11.1 Å². The van der Waals surface area contributed by atoms with Crippen molar-refractivity contribution in [3.05, 3.63) is 72.8 Å². The largest absolute Gasteiger partial charge is 0.496 e. The van der Waals surface area contributed by atoms with Gasteiger partial charge in [0.05, 0.1) is 21.3 Å². The topological polar surface area (TPSA) is 27.7 Å². The summed E-state index contributed by atoms with van der Waals surface area (Å²) in [5.41, 5.74) is 0. The lowest BCUT2D eigenvalue weighted by Gasteiger charge is -2.23. The first kappa shape index (κ1) is 17.3. The predicted molar refractivity (Wildman–Crippen MR) is 105 cm³/mol. The molecule has 0 amide bonds. The van der Waals surface area contributed by atoms with Gasteiger partial charge in [-0.1, -0.05) is 60.7 Å². The van der Waals surface area contributed by atoms with Gasteiger partial charge in [-0.05, 0) is 24.6 Å². The van der Waals surface area contributed by atoms with Crippen molar-refractivity contribution >= 4 is 23.8 Å². The molecule has 0 aliphatic heterocycles. The van der Waals surface area contributed by atoms with E-state index in [1.54, 1.807) is 21.3 Å². The average molecular weight is 352 g/mol. The Kier molecular flexibility index (Phi) is 5.57. The van der Waals surface area contributed by atoms with Gasteiger partial charge in [-0.15, -0.1) is 0 Å². The first-order chi connectivity index (χ1) is 12.3. The fraction of sp³-hybridized carbons (Fsp3) is 0.143. The molecular formula is C21H21O3P. The highest BCUT2D eigenvalue weighted by atomic mass is 31.1. The highest BCUT2D eigenvalue weighted by molar-refractivity contribution is 7.80. The maximum Gasteiger partial charge on any atom is 0.164 e. The molecule has 3 aromatic rings.